The third-order valence-electron chi connectivity index (χ3n) is 5.22. The summed E-state index contributed by atoms with van der Waals surface area (Å²) >= 11 is 1.64. The van der Waals surface area contributed by atoms with Gasteiger partial charge >= 0.3 is 5.97 Å². The van der Waals surface area contributed by atoms with E-state index in [9.17, 15) is 4.79 Å². The highest BCUT2D eigenvalue weighted by molar-refractivity contribution is 7.20. The van der Waals surface area contributed by atoms with Crippen LogP contribution in [0, 0.1) is 0 Å². The molecule has 5 heteroatoms. The number of anilines is 1. The number of piperazine rings is 1. The van der Waals surface area contributed by atoms with Gasteiger partial charge in [0, 0.05) is 59.5 Å². The molecule has 0 bridgehead atoms. The topological polar surface area (TPSA) is 43.8 Å². The SMILES string of the molecule is O=C(O)C=Cc1cc2c(N3CCN(CCc4ccccc4)CC3)cccc2s1. The Labute approximate surface area is 169 Å². The smallest absolute Gasteiger partial charge is 0.328 e. The normalized spacial score (nSPS) is 15.5. The van der Waals surface area contributed by atoms with E-state index in [0.29, 0.717) is 0 Å². The number of carbonyl (C=O) groups is 1. The predicted molar refractivity (Wildman–Crippen MR) is 117 cm³/mol. The highest BCUT2D eigenvalue weighted by Crippen LogP contribution is 2.34. The molecule has 2 aromatic carbocycles. The van der Waals surface area contributed by atoms with Crippen molar-refractivity contribution in [3.05, 3.63) is 71.1 Å². The molecule has 0 aliphatic carbocycles. The Kier molecular flexibility index (Phi) is 5.74. The van der Waals surface area contributed by atoms with Crippen LogP contribution in [0.1, 0.15) is 10.4 Å². The Morgan fingerprint density at radius 3 is 2.57 bits per heavy atom. The van der Waals surface area contributed by atoms with Crippen molar-refractivity contribution in [1.29, 1.82) is 0 Å². The van der Waals surface area contributed by atoms with E-state index in [-0.39, 0.29) is 0 Å². The fraction of sp³-hybridized carbons (Fsp3) is 0.261. The van der Waals surface area contributed by atoms with Crippen molar-refractivity contribution < 1.29 is 9.90 Å². The van der Waals surface area contributed by atoms with E-state index in [0.717, 1.165) is 44.0 Å². The number of fused-ring (bicyclic) bond motifs is 1. The average Bonchev–Trinajstić information content (AvgIpc) is 3.15. The van der Waals surface area contributed by atoms with Crippen molar-refractivity contribution in [1.82, 2.24) is 4.90 Å². The number of nitrogens with zero attached hydrogens (tertiary/aromatic N) is 2. The van der Waals surface area contributed by atoms with Crippen LogP contribution < -0.4 is 4.90 Å². The van der Waals surface area contributed by atoms with Gasteiger partial charge in [-0.3, -0.25) is 4.90 Å². The van der Waals surface area contributed by atoms with Gasteiger partial charge in [-0.15, -0.1) is 11.3 Å². The van der Waals surface area contributed by atoms with Crippen LogP contribution in [-0.4, -0.2) is 48.7 Å². The van der Waals surface area contributed by atoms with Crippen molar-refractivity contribution in [2.75, 3.05) is 37.6 Å². The molecule has 1 aliphatic rings. The van der Waals surface area contributed by atoms with E-state index in [2.05, 4.69) is 64.4 Å². The number of hydrogen-bond acceptors (Lipinski definition) is 4. The maximum absolute atomic E-state index is 10.8. The van der Waals surface area contributed by atoms with Gasteiger partial charge in [0.15, 0.2) is 0 Å². The second-order valence-electron chi connectivity index (χ2n) is 7.07. The van der Waals surface area contributed by atoms with Gasteiger partial charge in [0.2, 0.25) is 0 Å². The molecule has 4 rings (SSSR count). The lowest BCUT2D eigenvalue weighted by Gasteiger charge is -2.36. The van der Waals surface area contributed by atoms with Crippen molar-refractivity contribution in [2.24, 2.45) is 0 Å². The van der Waals surface area contributed by atoms with E-state index in [1.165, 1.54) is 27.4 Å². The number of hydrogen-bond donors (Lipinski definition) is 1. The largest absolute Gasteiger partial charge is 0.478 e. The first-order valence-electron chi connectivity index (χ1n) is 9.64. The molecule has 1 saturated heterocycles. The molecule has 2 heterocycles. The quantitative estimate of drug-likeness (QED) is 0.633. The molecule has 0 amide bonds. The molecule has 1 fully saturated rings. The van der Waals surface area contributed by atoms with Gasteiger partial charge in [-0.2, -0.15) is 0 Å². The predicted octanol–water partition coefficient (Wildman–Crippen LogP) is 4.36. The molecule has 28 heavy (non-hydrogen) atoms. The van der Waals surface area contributed by atoms with Crippen molar-refractivity contribution in [3.8, 4) is 0 Å². The van der Waals surface area contributed by atoms with E-state index >= 15 is 0 Å². The van der Waals surface area contributed by atoms with Crippen molar-refractivity contribution in [3.63, 3.8) is 0 Å². The zero-order chi connectivity index (χ0) is 19.3. The van der Waals surface area contributed by atoms with E-state index < -0.39 is 5.97 Å². The van der Waals surface area contributed by atoms with E-state index in [4.69, 9.17) is 5.11 Å². The molecule has 1 aromatic heterocycles. The Balaban J connectivity index is 1.41. The average molecular weight is 393 g/mol. The van der Waals surface area contributed by atoms with Gasteiger partial charge in [-0.05, 0) is 36.3 Å². The standard InChI is InChI=1S/C23H24N2O2S/c26-23(27)10-9-19-17-20-21(7-4-8-22(20)28-19)25-15-13-24(14-16-25)12-11-18-5-2-1-3-6-18/h1-10,17H,11-16H2,(H,26,27). The molecule has 144 valence electrons. The number of benzene rings is 2. The Morgan fingerprint density at radius 2 is 1.82 bits per heavy atom. The van der Waals surface area contributed by atoms with Gasteiger partial charge in [0.05, 0.1) is 0 Å². The fourth-order valence-corrected chi connectivity index (χ4v) is 4.71. The second kappa shape index (κ2) is 8.59. The summed E-state index contributed by atoms with van der Waals surface area (Å²) in [5.41, 5.74) is 2.65. The van der Waals surface area contributed by atoms with Gasteiger partial charge in [-0.25, -0.2) is 4.79 Å². The first-order chi connectivity index (χ1) is 13.7. The fourth-order valence-electron chi connectivity index (χ4n) is 3.72. The number of carboxylic acids is 1. The molecule has 0 radical (unpaired) electrons. The summed E-state index contributed by atoms with van der Waals surface area (Å²) < 4.78 is 1.20. The summed E-state index contributed by atoms with van der Waals surface area (Å²) in [6, 6.07) is 19.2. The third kappa shape index (κ3) is 4.43. The first kappa shape index (κ1) is 18.7. The monoisotopic (exact) mass is 392 g/mol. The van der Waals surface area contributed by atoms with E-state index in [1.54, 1.807) is 17.4 Å². The molecule has 4 nitrogen and oxygen atoms in total. The molecule has 3 aromatic rings. The van der Waals surface area contributed by atoms with Crippen LogP contribution in [0.15, 0.2) is 60.7 Å². The molecule has 0 saturated carbocycles. The minimum Gasteiger partial charge on any atom is -0.478 e. The molecule has 1 aliphatic heterocycles. The number of rotatable bonds is 6. The first-order valence-corrected chi connectivity index (χ1v) is 10.5. The zero-order valence-electron chi connectivity index (χ0n) is 15.8. The minimum absolute atomic E-state index is 0.913. The molecular weight excluding hydrogens is 368 g/mol. The van der Waals surface area contributed by atoms with Gasteiger partial charge in [0.1, 0.15) is 0 Å². The summed E-state index contributed by atoms with van der Waals surface area (Å²) in [7, 11) is 0. The van der Waals surface area contributed by atoms with Crippen molar-refractivity contribution in [2.45, 2.75) is 6.42 Å². The Morgan fingerprint density at radius 1 is 1.04 bits per heavy atom. The van der Waals surface area contributed by atoms with Crippen LogP contribution in [0.3, 0.4) is 0 Å². The summed E-state index contributed by atoms with van der Waals surface area (Å²) in [6.45, 7) is 5.27. The lowest BCUT2D eigenvalue weighted by Crippen LogP contribution is -2.47. The number of aliphatic carboxylic acids is 1. The summed E-state index contributed by atoms with van der Waals surface area (Å²) in [5, 5.41) is 10.1. The number of thiophene rings is 1. The Hall–Kier alpha value is -2.63. The zero-order valence-corrected chi connectivity index (χ0v) is 16.6. The molecule has 0 atom stereocenters. The van der Waals surface area contributed by atoms with Crippen LogP contribution in [-0.2, 0) is 11.2 Å². The van der Waals surface area contributed by atoms with Crippen LogP contribution >= 0.6 is 11.3 Å². The highest BCUT2D eigenvalue weighted by atomic mass is 32.1. The highest BCUT2D eigenvalue weighted by Gasteiger charge is 2.19. The lowest BCUT2D eigenvalue weighted by atomic mass is 10.1. The van der Waals surface area contributed by atoms with Crippen LogP contribution in [0.4, 0.5) is 5.69 Å². The van der Waals surface area contributed by atoms with Gasteiger partial charge in [0.25, 0.3) is 0 Å². The second-order valence-corrected chi connectivity index (χ2v) is 8.19. The Bertz CT molecular complexity index is 973. The minimum atomic E-state index is -0.913. The lowest BCUT2D eigenvalue weighted by molar-refractivity contribution is -0.131. The molecule has 1 N–H and O–H groups in total. The van der Waals surface area contributed by atoms with Crippen molar-refractivity contribution >= 4 is 39.2 Å². The summed E-state index contributed by atoms with van der Waals surface area (Å²) in [5.74, 6) is -0.913. The van der Waals surface area contributed by atoms with Crippen LogP contribution in [0.2, 0.25) is 0 Å². The maximum atomic E-state index is 10.8. The molecule has 0 spiro atoms. The molecular formula is C23H24N2O2S. The number of carboxylic acid groups (broad SMARTS) is 1. The molecule has 0 unspecified atom stereocenters. The third-order valence-corrected chi connectivity index (χ3v) is 6.29. The summed E-state index contributed by atoms with van der Waals surface area (Å²) in [6.07, 6.45) is 3.98. The maximum Gasteiger partial charge on any atom is 0.328 e. The van der Waals surface area contributed by atoms with Gasteiger partial charge < -0.3 is 10.0 Å². The van der Waals surface area contributed by atoms with E-state index in [1.807, 2.05) is 0 Å². The summed E-state index contributed by atoms with van der Waals surface area (Å²) in [4.78, 5) is 16.8. The van der Waals surface area contributed by atoms with Gasteiger partial charge in [-0.1, -0.05) is 36.4 Å². The van der Waals surface area contributed by atoms with Crippen LogP contribution in [0.25, 0.3) is 16.2 Å². The van der Waals surface area contributed by atoms with Crippen LogP contribution in [0.5, 0.6) is 0 Å².